The molecule has 0 bridgehead atoms. The highest BCUT2D eigenvalue weighted by Gasteiger charge is 2.32. The van der Waals surface area contributed by atoms with Crippen LogP contribution >= 0.6 is 0 Å². The Morgan fingerprint density at radius 2 is 1.93 bits per heavy atom. The van der Waals surface area contributed by atoms with Crippen LogP contribution in [0.2, 0.25) is 0 Å². The van der Waals surface area contributed by atoms with Crippen molar-refractivity contribution in [2.45, 2.75) is 32.4 Å². The summed E-state index contributed by atoms with van der Waals surface area (Å²) in [6, 6.07) is 22.9. The van der Waals surface area contributed by atoms with E-state index in [1.807, 2.05) is 18.2 Å². The summed E-state index contributed by atoms with van der Waals surface area (Å²) in [5.74, 6) is 1.21. The Morgan fingerprint density at radius 1 is 1.07 bits per heavy atom. The van der Waals surface area contributed by atoms with Crippen molar-refractivity contribution in [2.24, 2.45) is 5.92 Å². The van der Waals surface area contributed by atoms with Gasteiger partial charge in [-0.05, 0) is 42.5 Å². The quantitative estimate of drug-likeness (QED) is 0.676. The summed E-state index contributed by atoms with van der Waals surface area (Å²) in [4.78, 5) is 15.4. The maximum absolute atomic E-state index is 13.0. The molecule has 29 heavy (non-hydrogen) atoms. The smallest absolute Gasteiger partial charge is 0.224 e. The number of rotatable bonds is 6. The van der Waals surface area contributed by atoms with Gasteiger partial charge in [-0.2, -0.15) is 0 Å². The van der Waals surface area contributed by atoms with Crippen LogP contribution in [0.3, 0.4) is 0 Å². The van der Waals surface area contributed by atoms with Crippen molar-refractivity contribution in [2.75, 3.05) is 13.1 Å². The highest BCUT2D eigenvalue weighted by molar-refractivity contribution is 5.79. The average molecular weight is 389 g/mol. The molecule has 2 heterocycles. The first kappa shape index (κ1) is 19.5. The van der Waals surface area contributed by atoms with Gasteiger partial charge in [-0.1, -0.05) is 60.2 Å². The van der Waals surface area contributed by atoms with Crippen LogP contribution in [-0.4, -0.2) is 23.9 Å². The van der Waals surface area contributed by atoms with E-state index in [1.54, 1.807) is 6.26 Å². The zero-order valence-corrected chi connectivity index (χ0v) is 16.9. The topological polar surface area (TPSA) is 45.5 Å². The van der Waals surface area contributed by atoms with Crippen LogP contribution in [-0.2, 0) is 17.9 Å². The molecule has 2 atom stereocenters. The van der Waals surface area contributed by atoms with E-state index in [0.717, 1.165) is 31.8 Å². The molecule has 1 amide bonds. The van der Waals surface area contributed by atoms with Gasteiger partial charge in [-0.3, -0.25) is 9.69 Å². The fourth-order valence-electron chi connectivity index (χ4n) is 4.25. The highest BCUT2D eigenvalue weighted by atomic mass is 16.3. The third-order valence-electron chi connectivity index (χ3n) is 5.68. The van der Waals surface area contributed by atoms with Crippen LogP contribution in [0, 0.1) is 12.8 Å². The molecule has 4 heteroatoms. The van der Waals surface area contributed by atoms with Crippen LogP contribution < -0.4 is 5.32 Å². The number of piperidine rings is 1. The minimum Gasteiger partial charge on any atom is -0.467 e. The second-order valence-electron chi connectivity index (χ2n) is 8.02. The molecule has 1 aliphatic heterocycles. The van der Waals surface area contributed by atoms with Crippen molar-refractivity contribution >= 4 is 5.91 Å². The van der Waals surface area contributed by atoms with Gasteiger partial charge in [0.25, 0.3) is 0 Å². The van der Waals surface area contributed by atoms with E-state index in [-0.39, 0.29) is 11.8 Å². The number of nitrogens with zero attached hydrogens (tertiary/aromatic N) is 1. The van der Waals surface area contributed by atoms with Gasteiger partial charge in [0.05, 0.1) is 18.7 Å². The number of carbonyl (C=O) groups excluding carboxylic acids is 1. The predicted octanol–water partition coefficient (Wildman–Crippen LogP) is 4.51. The number of aryl methyl sites for hydroxylation is 1. The molecule has 4 rings (SSSR count). The maximum Gasteiger partial charge on any atom is 0.224 e. The minimum atomic E-state index is -0.0343. The average Bonchev–Trinajstić information content (AvgIpc) is 3.26. The molecule has 0 spiro atoms. The first-order valence-electron chi connectivity index (χ1n) is 10.3. The van der Waals surface area contributed by atoms with Crippen molar-refractivity contribution in [1.82, 2.24) is 10.2 Å². The lowest BCUT2D eigenvalue weighted by molar-refractivity contribution is -0.127. The Kier molecular flexibility index (Phi) is 6.11. The van der Waals surface area contributed by atoms with E-state index in [0.29, 0.717) is 12.5 Å². The Bertz CT molecular complexity index is 921. The largest absolute Gasteiger partial charge is 0.467 e. The van der Waals surface area contributed by atoms with Gasteiger partial charge in [-0.15, -0.1) is 0 Å². The highest BCUT2D eigenvalue weighted by Crippen LogP contribution is 2.31. The Morgan fingerprint density at radius 3 is 2.69 bits per heavy atom. The predicted molar refractivity (Wildman–Crippen MR) is 114 cm³/mol. The van der Waals surface area contributed by atoms with Crippen molar-refractivity contribution in [1.29, 1.82) is 0 Å². The summed E-state index contributed by atoms with van der Waals surface area (Å²) < 4.78 is 5.35. The van der Waals surface area contributed by atoms with Crippen LogP contribution in [0.4, 0.5) is 0 Å². The van der Waals surface area contributed by atoms with E-state index in [2.05, 4.69) is 65.7 Å². The molecule has 1 N–H and O–H groups in total. The molecule has 3 aromatic rings. The molecule has 0 aliphatic carbocycles. The van der Waals surface area contributed by atoms with Gasteiger partial charge in [-0.25, -0.2) is 0 Å². The standard InChI is InChI=1S/C25H28N2O2/c1-19-7-5-10-21(13-19)22-14-23(25(28)26-15-24-11-6-12-29-24)18-27(17-22)16-20-8-3-2-4-9-20/h2-13,22-23H,14-18H2,1H3,(H,26,28)/t22-,23+/m0/s1. The Balaban J connectivity index is 1.49. The van der Waals surface area contributed by atoms with E-state index in [1.165, 1.54) is 16.7 Å². The van der Waals surface area contributed by atoms with Crippen molar-refractivity contribution in [3.05, 3.63) is 95.4 Å². The van der Waals surface area contributed by atoms with Crippen LogP contribution in [0.15, 0.2) is 77.4 Å². The summed E-state index contributed by atoms with van der Waals surface area (Å²) in [5.41, 5.74) is 3.88. The monoisotopic (exact) mass is 388 g/mol. The first-order valence-corrected chi connectivity index (χ1v) is 10.3. The molecular weight excluding hydrogens is 360 g/mol. The van der Waals surface area contributed by atoms with E-state index < -0.39 is 0 Å². The van der Waals surface area contributed by atoms with E-state index >= 15 is 0 Å². The molecule has 1 saturated heterocycles. The van der Waals surface area contributed by atoms with Gasteiger partial charge in [0.15, 0.2) is 0 Å². The lowest BCUT2D eigenvalue weighted by Gasteiger charge is -2.37. The minimum absolute atomic E-state index is 0.0343. The third-order valence-corrected chi connectivity index (χ3v) is 5.68. The zero-order chi connectivity index (χ0) is 20.1. The van der Waals surface area contributed by atoms with Crippen LogP contribution in [0.5, 0.6) is 0 Å². The van der Waals surface area contributed by atoms with Crippen LogP contribution in [0.1, 0.15) is 34.8 Å². The number of benzene rings is 2. The normalized spacial score (nSPS) is 19.8. The fourth-order valence-corrected chi connectivity index (χ4v) is 4.25. The van der Waals surface area contributed by atoms with Crippen molar-refractivity contribution < 1.29 is 9.21 Å². The van der Waals surface area contributed by atoms with Gasteiger partial charge < -0.3 is 9.73 Å². The number of hydrogen-bond donors (Lipinski definition) is 1. The molecule has 0 radical (unpaired) electrons. The van der Waals surface area contributed by atoms with Crippen molar-refractivity contribution in [3.8, 4) is 0 Å². The summed E-state index contributed by atoms with van der Waals surface area (Å²) in [5, 5.41) is 3.06. The molecule has 0 unspecified atom stereocenters. The number of carbonyl (C=O) groups is 1. The van der Waals surface area contributed by atoms with Crippen LogP contribution in [0.25, 0.3) is 0 Å². The fraction of sp³-hybridized carbons (Fsp3) is 0.320. The van der Waals surface area contributed by atoms with Crippen molar-refractivity contribution in [3.63, 3.8) is 0 Å². The second kappa shape index (κ2) is 9.10. The van der Waals surface area contributed by atoms with E-state index in [9.17, 15) is 4.79 Å². The zero-order valence-electron chi connectivity index (χ0n) is 16.9. The number of nitrogens with one attached hydrogen (secondary N) is 1. The lowest BCUT2D eigenvalue weighted by atomic mass is 9.83. The first-order chi connectivity index (χ1) is 14.2. The number of hydrogen-bond acceptors (Lipinski definition) is 3. The Hall–Kier alpha value is -2.85. The number of likely N-dealkylation sites (tertiary alicyclic amines) is 1. The SMILES string of the molecule is Cc1cccc([C@H]2C[C@@H](C(=O)NCc3ccco3)CN(Cc3ccccc3)C2)c1. The Labute approximate surface area is 172 Å². The summed E-state index contributed by atoms with van der Waals surface area (Å²) in [7, 11) is 0. The molecule has 1 aliphatic rings. The molecule has 1 fully saturated rings. The molecule has 1 aromatic heterocycles. The second-order valence-corrected chi connectivity index (χ2v) is 8.02. The third kappa shape index (κ3) is 5.15. The number of furan rings is 1. The molecule has 150 valence electrons. The molecular formula is C25H28N2O2. The van der Waals surface area contributed by atoms with E-state index in [4.69, 9.17) is 4.42 Å². The summed E-state index contributed by atoms with van der Waals surface area (Å²) in [6.07, 6.45) is 2.51. The van der Waals surface area contributed by atoms with Gasteiger partial charge in [0.2, 0.25) is 5.91 Å². The van der Waals surface area contributed by atoms with Gasteiger partial charge in [0.1, 0.15) is 5.76 Å². The van der Waals surface area contributed by atoms with Gasteiger partial charge in [0, 0.05) is 19.6 Å². The molecule has 0 saturated carbocycles. The maximum atomic E-state index is 13.0. The molecule has 4 nitrogen and oxygen atoms in total. The lowest BCUT2D eigenvalue weighted by Crippen LogP contribution is -2.45. The summed E-state index contributed by atoms with van der Waals surface area (Å²) >= 11 is 0. The summed E-state index contributed by atoms with van der Waals surface area (Å²) in [6.45, 7) is 5.18. The number of amides is 1. The molecule has 2 aromatic carbocycles. The van der Waals surface area contributed by atoms with Gasteiger partial charge >= 0.3 is 0 Å².